The summed E-state index contributed by atoms with van der Waals surface area (Å²) in [6, 6.07) is 0.362. The highest BCUT2D eigenvalue weighted by Crippen LogP contribution is 2.51. The van der Waals surface area contributed by atoms with E-state index in [4.69, 9.17) is 4.74 Å². The SMILES string of the molecule is CN(CC1CC1)C(=O)N[C@@H]1[C@H]2CCCO[C@@H]2C1(C)C. The maximum absolute atomic E-state index is 12.2. The number of carbonyl (C=O) groups excluding carboxylic acids is 1. The zero-order valence-electron chi connectivity index (χ0n) is 12.3. The quantitative estimate of drug-likeness (QED) is 0.851. The van der Waals surface area contributed by atoms with Gasteiger partial charge < -0.3 is 15.0 Å². The Morgan fingerprint density at radius 2 is 2.11 bits per heavy atom. The molecule has 0 unspecified atom stereocenters. The lowest BCUT2D eigenvalue weighted by Crippen LogP contribution is -2.70. The van der Waals surface area contributed by atoms with Gasteiger partial charge in [-0.3, -0.25) is 0 Å². The molecular weight excluding hydrogens is 240 g/mol. The van der Waals surface area contributed by atoms with E-state index in [2.05, 4.69) is 19.2 Å². The first-order chi connectivity index (χ1) is 9.00. The van der Waals surface area contributed by atoms with Crippen molar-refractivity contribution < 1.29 is 9.53 Å². The fourth-order valence-corrected chi connectivity index (χ4v) is 3.83. The Labute approximate surface area is 115 Å². The summed E-state index contributed by atoms with van der Waals surface area (Å²) >= 11 is 0. The van der Waals surface area contributed by atoms with Gasteiger partial charge in [-0.05, 0) is 31.6 Å². The molecule has 1 saturated heterocycles. The topological polar surface area (TPSA) is 41.6 Å². The van der Waals surface area contributed by atoms with Gasteiger partial charge in [-0.1, -0.05) is 13.8 Å². The minimum absolute atomic E-state index is 0.0706. The standard InChI is InChI=1S/C15H26N2O2/c1-15(2)12(11-5-4-8-19-13(11)15)16-14(18)17(3)9-10-6-7-10/h10-13H,4-9H2,1-3H3,(H,16,18)/t11-,12-,13+/m1/s1. The Kier molecular flexibility index (Phi) is 3.24. The van der Waals surface area contributed by atoms with Crippen LogP contribution in [0.1, 0.15) is 39.5 Å². The van der Waals surface area contributed by atoms with Crippen molar-refractivity contribution in [3.63, 3.8) is 0 Å². The molecule has 0 radical (unpaired) electrons. The number of nitrogens with zero attached hydrogens (tertiary/aromatic N) is 1. The summed E-state index contributed by atoms with van der Waals surface area (Å²) in [4.78, 5) is 14.1. The van der Waals surface area contributed by atoms with Crippen LogP contribution in [0.5, 0.6) is 0 Å². The van der Waals surface area contributed by atoms with Gasteiger partial charge >= 0.3 is 6.03 Å². The Morgan fingerprint density at radius 1 is 1.37 bits per heavy atom. The van der Waals surface area contributed by atoms with Crippen molar-refractivity contribution in [3.05, 3.63) is 0 Å². The average molecular weight is 266 g/mol. The molecule has 0 spiro atoms. The van der Waals surface area contributed by atoms with E-state index >= 15 is 0 Å². The number of rotatable bonds is 3. The zero-order valence-corrected chi connectivity index (χ0v) is 12.3. The zero-order chi connectivity index (χ0) is 13.6. The van der Waals surface area contributed by atoms with Crippen molar-refractivity contribution in [2.45, 2.75) is 51.7 Å². The van der Waals surface area contributed by atoms with Gasteiger partial charge in [0.15, 0.2) is 0 Å². The van der Waals surface area contributed by atoms with Gasteiger partial charge in [-0.15, -0.1) is 0 Å². The predicted octanol–water partition coefficient (Wildman–Crippen LogP) is 2.24. The van der Waals surface area contributed by atoms with Crippen LogP contribution in [0.4, 0.5) is 4.79 Å². The maximum atomic E-state index is 12.2. The second-order valence-corrected chi connectivity index (χ2v) is 7.17. The highest BCUT2D eigenvalue weighted by Gasteiger charge is 2.58. The number of nitrogens with one attached hydrogen (secondary N) is 1. The van der Waals surface area contributed by atoms with E-state index in [9.17, 15) is 4.79 Å². The third kappa shape index (κ3) is 2.35. The Balaban J connectivity index is 1.57. The molecule has 3 rings (SSSR count). The van der Waals surface area contributed by atoms with Crippen molar-refractivity contribution in [1.29, 1.82) is 0 Å². The van der Waals surface area contributed by atoms with Crippen molar-refractivity contribution in [2.75, 3.05) is 20.2 Å². The lowest BCUT2D eigenvalue weighted by Gasteiger charge is -2.59. The van der Waals surface area contributed by atoms with E-state index in [1.54, 1.807) is 0 Å². The third-order valence-corrected chi connectivity index (χ3v) is 5.19. The number of hydrogen-bond acceptors (Lipinski definition) is 2. The smallest absolute Gasteiger partial charge is 0.317 e. The monoisotopic (exact) mass is 266 g/mol. The maximum Gasteiger partial charge on any atom is 0.317 e. The van der Waals surface area contributed by atoms with Gasteiger partial charge in [0.25, 0.3) is 0 Å². The summed E-state index contributed by atoms with van der Waals surface area (Å²) in [5, 5.41) is 3.25. The number of ether oxygens (including phenoxy) is 1. The Morgan fingerprint density at radius 3 is 2.79 bits per heavy atom. The van der Waals surface area contributed by atoms with E-state index in [-0.39, 0.29) is 17.5 Å². The first-order valence-electron chi connectivity index (χ1n) is 7.63. The molecule has 1 aliphatic heterocycles. The molecule has 108 valence electrons. The lowest BCUT2D eigenvalue weighted by molar-refractivity contribution is -0.189. The summed E-state index contributed by atoms with van der Waals surface area (Å²) in [6.45, 7) is 6.22. The van der Waals surface area contributed by atoms with Crippen LogP contribution in [-0.4, -0.2) is 43.3 Å². The summed E-state index contributed by atoms with van der Waals surface area (Å²) in [6.07, 6.45) is 5.21. The van der Waals surface area contributed by atoms with Crippen LogP contribution in [0.3, 0.4) is 0 Å². The Bertz CT molecular complexity index is 365. The second-order valence-electron chi connectivity index (χ2n) is 7.17. The van der Waals surface area contributed by atoms with Crippen LogP contribution in [0.25, 0.3) is 0 Å². The van der Waals surface area contributed by atoms with Crippen molar-refractivity contribution in [2.24, 2.45) is 17.3 Å². The van der Waals surface area contributed by atoms with Crippen molar-refractivity contribution in [1.82, 2.24) is 10.2 Å². The molecule has 3 aliphatic rings. The first kappa shape index (κ1) is 13.2. The lowest BCUT2D eigenvalue weighted by atomic mass is 9.55. The largest absolute Gasteiger partial charge is 0.377 e. The molecule has 0 bridgehead atoms. The van der Waals surface area contributed by atoms with E-state index in [1.807, 2.05) is 11.9 Å². The average Bonchev–Trinajstić information content (AvgIpc) is 3.19. The summed E-state index contributed by atoms with van der Waals surface area (Å²) < 4.78 is 5.87. The fraction of sp³-hybridized carbons (Fsp3) is 0.933. The number of carbonyl (C=O) groups is 1. The summed E-state index contributed by atoms with van der Waals surface area (Å²) in [5.74, 6) is 1.26. The molecule has 19 heavy (non-hydrogen) atoms. The number of fused-ring (bicyclic) bond motifs is 1. The molecule has 1 heterocycles. The normalized spacial score (nSPS) is 36.1. The first-order valence-corrected chi connectivity index (χ1v) is 7.63. The second kappa shape index (κ2) is 4.65. The molecule has 0 aromatic rings. The van der Waals surface area contributed by atoms with Gasteiger partial charge in [-0.25, -0.2) is 4.79 Å². The molecule has 2 amide bonds. The highest BCUT2D eigenvalue weighted by molar-refractivity contribution is 5.74. The predicted molar refractivity (Wildman–Crippen MR) is 73.9 cm³/mol. The molecule has 4 heteroatoms. The molecule has 3 fully saturated rings. The van der Waals surface area contributed by atoms with Gasteiger partial charge in [-0.2, -0.15) is 0 Å². The number of hydrogen-bond donors (Lipinski definition) is 1. The van der Waals surface area contributed by atoms with Crippen molar-refractivity contribution >= 4 is 6.03 Å². The molecular formula is C15H26N2O2. The molecule has 1 N–H and O–H groups in total. The summed E-state index contributed by atoms with van der Waals surface area (Å²) in [5.41, 5.74) is 0.0706. The van der Waals surface area contributed by atoms with E-state index in [1.165, 1.54) is 19.3 Å². The van der Waals surface area contributed by atoms with E-state index in [0.717, 1.165) is 25.5 Å². The molecule has 4 nitrogen and oxygen atoms in total. The van der Waals surface area contributed by atoms with Crippen LogP contribution in [0.2, 0.25) is 0 Å². The van der Waals surface area contributed by atoms with E-state index in [0.29, 0.717) is 12.0 Å². The minimum Gasteiger partial charge on any atom is -0.377 e. The Hall–Kier alpha value is -0.770. The van der Waals surface area contributed by atoms with Gasteiger partial charge in [0.2, 0.25) is 0 Å². The van der Waals surface area contributed by atoms with E-state index < -0.39 is 0 Å². The fourth-order valence-electron chi connectivity index (χ4n) is 3.83. The van der Waals surface area contributed by atoms with Crippen LogP contribution in [0, 0.1) is 17.3 Å². The molecule has 2 aliphatic carbocycles. The number of urea groups is 1. The van der Waals surface area contributed by atoms with Crippen molar-refractivity contribution in [3.8, 4) is 0 Å². The minimum atomic E-state index is 0.0706. The molecule has 0 aromatic carbocycles. The number of amides is 2. The van der Waals surface area contributed by atoms with Crippen LogP contribution >= 0.6 is 0 Å². The van der Waals surface area contributed by atoms with Crippen LogP contribution in [0.15, 0.2) is 0 Å². The highest BCUT2D eigenvalue weighted by atomic mass is 16.5. The van der Waals surface area contributed by atoms with Crippen LogP contribution in [-0.2, 0) is 4.74 Å². The third-order valence-electron chi connectivity index (χ3n) is 5.19. The molecule has 2 saturated carbocycles. The molecule has 0 aromatic heterocycles. The van der Waals surface area contributed by atoms with Gasteiger partial charge in [0.1, 0.15) is 0 Å². The summed E-state index contributed by atoms with van der Waals surface area (Å²) in [7, 11) is 1.91. The molecule has 3 atom stereocenters. The van der Waals surface area contributed by atoms with Gasteiger partial charge in [0, 0.05) is 37.6 Å². The van der Waals surface area contributed by atoms with Crippen LogP contribution < -0.4 is 5.32 Å². The van der Waals surface area contributed by atoms with Gasteiger partial charge in [0.05, 0.1) is 6.10 Å².